The lowest BCUT2D eigenvalue weighted by molar-refractivity contribution is -0.195. The first-order valence-electron chi connectivity index (χ1n) is 10.7. The number of aliphatic carboxylic acids is 1. The second-order valence-electron chi connectivity index (χ2n) is 7.97. The molecule has 0 spiro atoms. The van der Waals surface area contributed by atoms with Gasteiger partial charge in [0.15, 0.2) is 0 Å². The number of carboxylic acid groups (broad SMARTS) is 1. The molecule has 1 aromatic heterocycles. The first-order valence-corrected chi connectivity index (χ1v) is 11.4. The summed E-state index contributed by atoms with van der Waals surface area (Å²) in [6.45, 7) is 0.361. The van der Waals surface area contributed by atoms with E-state index in [2.05, 4.69) is 19.3 Å². The van der Waals surface area contributed by atoms with E-state index in [1.54, 1.807) is 29.2 Å². The van der Waals surface area contributed by atoms with Crippen molar-refractivity contribution in [2.45, 2.75) is 23.9 Å². The quantitative estimate of drug-likeness (QED) is 0.189. The molecular weight excluding hydrogens is 504 g/mol. The zero-order chi connectivity index (χ0) is 25.9. The number of nitrogens with zero attached hydrogens (tertiary/aromatic N) is 3. The third kappa shape index (κ3) is 5.75. The molecule has 4 rings (SSSR count). The highest BCUT2D eigenvalue weighted by Crippen LogP contribution is 2.42. The minimum atomic E-state index is -4.86. The molecule has 0 unspecified atom stereocenters. The molecular formula is C23H20F4N4O4S. The number of anilines is 1. The number of aromatic nitrogens is 2. The van der Waals surface area contributed by atoms with Gasteiger partial charge in [-0.05, 0) is 54.8 Å². The maximum Gasteiger partial charge on any atom is 0.451 e. The van der Waals surface area contributed by atoms with E-state index in [1.807, 2.05) is 0 Å². The number of piperidine rings is 1. The van der Waals surface area contributed by atoms with Gasteiger partial charge in [0.25, 0.3) is 0 Å². The third-order valence-corrected chi connectivity index (χ3v) is 6.29. The summed E-state index contributed by atoms with van der Waals surface area (Å²) in [4.78, 5) is 25.4. The number of carboxylic acids is 1. The Morgan fingerprint density at radius 2 is 1.78 bits per heavy atom. The van der Waals surface area contributed by atoms with Gasteiger partial charge in [-0.3, -0.25) is 4.79 Å². The van der Waals surface area contributed by atoms with Gasteiger partial charge >= 0.3 is 12.1 Å². The fourth-order valence-corrected chi connectivity index (χ4v) is 4.41. The highest BCUT2D eigenvalue weighted by Gasteiger charge is 2.38. The lowest BCUT2D eigenvalue weighted by Crippen LogP contribution is -2.37. The van der Waals surface area contributed by atoms with Crippen LogP contribution in [0.1, 0.15) is 18.7 Å². The van der Waals surface area contributed by atoms with Crippen molar-refractivity contribution >= 4 is 23.8 Å². The summed E-state index contributed by atoms with van der Waals surface area (Å²) in [5.74, 6) is 1.44. The Bertz CT molecular complexity index is 1240. The van der Waals surface area contributed by atoms with Crippen LogP contribution in [0, 0.1) is 11.7 Å². The summed E-state index contributed by atoms with van der Waals surface area (Å²) in [5, 5.41) is 9.34. The predicted molar refractivity (Wildman–Crippen MR) is 123 cm³/mol. The number of alkyl halides is 3. The number of benzene rings is 2. The predicted octanol–water partition coefficient (Wildman–Crippen LogP) is 5.10. The van der Waals surface area contributed by atoms with Crippen molar-refractivity contribution in [2.24, 2.45) is 11.8 Å². The molecule has 190 valence electrons. The van der Waals surface area contributed by atoms with Gasteiger partial charge in [0.05, 0.1) is 29.2 Å². The van der Waals surface area contributed by atoms with E-state index in [0.29, 0.717) is 10.5 Å². The fraction of sp³-hybridized carbons (Fsp3) is 0.261. The van der Waals surface area contributed by atoms with Gasteiger partial charge in [-0.1, -0.05) is 12.1 Å². The molecule has 0 bridgehead atoms. The molecule has 13 heteroatoms. The van der Waals surface area contributed by atoms with E-state index >= 15 is 0 Å². The van der Waals surface area contributed by atoms with Crippen molar-refractivity contribution in [1.82, 2.24) is 9.97 Å². The molecule has 1 aliphatic heterocycles. The molecule has 36 heavy (non-hydrogen) atoms. The number of rotatable bonds is 7. The van der Waals surface area contributed by atoms with Crippen LogP contribution in [0.5, 0.6) is 0 Å². The lowest BCUT2D eigenvalue weighted by Gasteiger charge is -2.33. The van der Waals surface area contributed by atoms with Crippen molar-refractivity contribution in [3.63, 3.8) is 0 Å². The summed E-state index contributed by atoms with van der Waals surface area (Å²) < 4.78 is 59.9. The molecule has 3 N–H and O–H groups in total. The van der Waals surface area contributed by atoms with E-state index in [-0.39, 0.29) is 48.6 Å². The molecule has 0 aliphatic carbocycles. The highest BCUT2D eigenvalue weighted by atomic mass is 32.2. The van der Waals surface area contributed by atoms with Crippen LogP contribution in [0.25, 0.3) is 22.4 Å². The Morgan fingerprint density at radius 3 is 2.39 bits per heavy atom. The second-order valence-corrected chi connectivity index (χ2v) is 8.75. The SMILES string of the molecule is NOOSc1cccc(-c2c(-c3ccc(F)cc3)nc(C(F)(F)F)nc2N2CCC(C(=O)O)CC2)c1. The molecule has 1 aliphatic rings. The van der Waals surface area contributed by atoms with Crippen LogP contribution in [0.3, 0.4) is 0 Å². The standard InChI is InChI=1S/C23H20F4N4O4S/c24-16-6-4-13(5-7-16)19-18(15-2-1-3-17(12-15)36-35-34-28)20(30-22(29-19)23(25,26)27)31-10-8-14(9-11-31)21(32)33/h1-7,12,14H,8-11,28H2,(H,32,33). The van der Waals surface area contributed by atoms with Gasteiger partial charge in [-0.15, -0.1) is 9.32 Å². The average molecular weight is 524 g/mol. The number of nitrogens with two attached hydrogens (primary N) is 1. The topological polar surface area (TPSA) is 111 Å². The Labute approximate surface area is 207 Å². The molecule has 1 saturated heterocycles. The Hall–Kier alpha value is -3.26. The van der Waals surface area contributed by atoms with Crippen LogP contribution in [-0.2, 0) is 20.3 Å². The first-order chi connectivity index (χ1) is 17.2. The molecule has 0 radical (unpaired) electrons. The zero-order valence-electron chi connectivity index (χ0n) is 18.5. The molecule has 3 aromatic rings. The maximum absolute atomic E-state index is 13.9. The van der Waals surface area contributed by atoms with Crippen LogP contribution >= 0.6 is 12.0 Å². The largest absolute Gasteiger partial charge is 0.481 e. The first kappa shape index (κ1) is 25.8. The summed E-state index contributed by atoms with van der Waals surface area (Å²) in [6.07, 6.45) is -4.38. The van der Waals surface area contributed by atoms with Crippen LogP contribution in [-0.4, -0.2) is 34.1 Å². The normalized spacial score (nSPS) is 14.8. The number of hydrogen-bond donors (Lipinski definition) is 2. The van der Waals surface area contributed by atoms with Crippen molar-refractivity contribution in [3.05, 3.63) is 60.2 Å². The van der Waals surface area contributed by atoms with Gasteiger partial charge in [0.1, 0.15) is 11.6 Å². The Balaban J connectivity index is 1.93. The summed E-state index contributed by atoms with van der Waals surface area (Å²) in [5.41, 5.74) is 0.940. The van der Waals surface area contributed by atoms with Gasteiger partial charge in [-0.2, -0.15) is 19.1 Å². The second kappa shape index (κ2) is 10.8. The molecule has 0 saturated carbocycles. The molecule has 0 atom stereocenters. The molecule has 8 nitrogen and oxygen atoms in total. The minimum absolute atomic E-state index is 0.00127. The van der Waals surface area contributed by atoms with Crippen molar-refractivity contribution < 1.29 is 36.8 Å². The van der Waals surface area contributed by atoms with Crippen LogP contribution < -0.4 is 10.8 Å². The maximum atomic E-state index is 13.9. The van der Waals surface area contributed by atoms with Crippen molar-refractivity contribution in [3.8, 4) is 22.4 Å². The van der Waals surface area contributed by atoms with Crippen LogP contribution in [0.15, 0.2) is 53.4 Å². The summed E-state index contributed by atoms with van der Waals surface area (Å²) in [6, 6.07) is 11.6. The average Bonchev–Trinajstić information content (AvgIpc) is 2.87. The molecule has 2 aromatic carbocycles. The van der Waals surface area contributed by atoms with Gasteiger partial charge in [0, 0.05) is 23.5 Å². The van der Waals surface area contributed by atoms with Crippen LogP contribution in [0.4, 0.5) is 23.4 Å². The van der Waals surface area contributed by atoms with Gasteiger partial charge < -0.3 is 10.0 Å². The van der Waals surface area contributed by atoms with Crippen molar-refractivity contribution in [2.75, 3.05) is 18.0 Å². The Morgan fingerprint density at radius 1 is 1.08 bits per heavy atom. The molecule has 2 heterocycles. The van der Waals surface area contributed by atoms with E-state index in [1.165, 1.54) is 12.1 Å². The number of hydrogen-bond acceptors (Lipinski definition) is 8. The fourth-order valence-electron chi connectivity index (χ4n) is 3.99. The van der Waals surface area contributed by atoms with Crippen LogP contribution in [0.2, 0.25) is 0 Å². The van der Waals surface area contributed by atoms with E-state index < -0.39 is 29.7 Å². The smallest absolute Gasteiger partial charge is 0.451 e. The number of carbonyl (C=O) groups is 1. The van der Waals surface area contributed by atoms with E-state index in [4.69, 9.17) is 5.90 Å². The van der Waals surface area contributed by atoms with Gasteiger partial charge in [-0.25, -0.2) is 14.4 Å². The summed E-state index contributed by atoms with van der Waals surface area (Å²) in [7, 11) is 0. The monoisotopic (exact) mass is 524 g/mol. The molecule has 0 amide bonds. The zero-order valence-corrected chi connectivity index (χ0v) is 19.4. The van der Waals surface area contributed by atoms with E-state index in [9.17, 15) is 27.5 Å². The van der Waals surface area contributed by atoms with Gasteiger partial charge in [0.2, 0.25) is 5.82 Å². The summed E-state index contributed by atoms with van der Waals surface area (Å²) >= 11 is 0.789. The van der Waals surface area contributed by atoms with E-state index in [0.717, 1.165) is 24.2 Å². The lowest BCUT2D eigenvalue weighted by atomic mass is 9.95. The minimum Gasteiger partial charge on any atom is -0.481 e. The Kier molecular flexibility index (Phi) is 7.73. The highest BCUT2D eigenvalue weighted by molar-refractivity contribution is 7.94. The number of halogens is 4. The third-order valence-electron chi connectivity index (χ3n) is 5.70. The van der Waals surface area contributed by atoms with Crippen molar-refractivity contribution in [1.29, 1.82) is 0 Å². The molecule has 1 fully saturated rings.